The van der Waals surface area contributed by atoms with E-state index < -0.39 is 0 Å². The lowest BCUT2D eigenvalue weighted by molar-refractivity contribution is 0.126. The summed E-state index contributed by atoms with van der Waals surface area (Å²) in [5.41, 5.74) is 1.45. The maximum Gasteiger partial charge on any atom is 0.202 e. The fourth-order valence-electron chi connectivity index (χ4n) is 2.16. The van der Waals surface area contributed by atoms with E-state index in [2.05, 4.69) is 10.3 Å². The number of methoxy groups -OCH3 is 1. The van der Waals surface area contributed by atoms with Gasteiger partial charge in [0.15, 0.2) is 23.9 Å². The molecule has 0 atom stereocenters. The molecular weight excluding hydrogens is 324 g/mol. The molecule has 0 saturated carbocycles. The second kappa shape index (κ2) is 8.05. The minimum atomic E-state index is 0.189. The van der Waals surface area contributed by atoms with E-state index in [4.69, 9.17) is 23.3 Å². The summed E-state index contributed by atoms with van der Waals surface area (Å²) in [4.78, 5) is 5.25. The smallest absolute Gasteiger partial charge is 0.202 e. The monoisotopic (exact) mass is 342 g/mol. The van der Waals surface area contributed by atoms with Crippen molar-refractivity contribution in [1.82, 2.24) is 5.16 Å². The Morgan fingerprint density at radius 3 is 2.84 bits per heavy atom. The van der Waals surface area contributed by atoms with Gasteiger partial charge in [-0.25, -0.2) is 0 Å². The lowest BCUT2D eigenvalue weighted by Gasteiger charge is -2.09. The Bertz CT molecular complexity index is 824. The Morgan fingerprint density at radius 1 is 1.16 bits per heavy atom. The van der Waals surface area contributed by atoms with Crippen LogP contribution in [0.5, 0.6) is 11.5 Å². The maximum atomic E-state index is 5.47. The van der Waals surface area contributed by atoms with Crippen LogP contribution in [0, 0.1) is 0 Å². The van der Waals surface area contributed by atoms with Crippen LogP contribution in [0.4, 0.5) is 0 Å². The van der Waals surface area contributed by atoms with E-state index >= 15 is 0 Å². The Hall–Kier alpha value is -3.22. The van der Waals surface area contributed by atoms with E-state index in [1.54, 1.807) is 37.8 Å². The molecular formula is C18H18N2O5. The van der Waals surface area contributed by atoms with E-state index in [1.807, 2.05) is 25.1 Å². The lowest BCUT2D eigenvalue weighted by Crippen LogP contribution is -1.96. The molecule has 3 aromatic rings. The quantitative estimate of drug-likeness (QED) is 0.456. The first-order valence-electron chi connectivity index (χ1n) is 7.75. The molecule has 2 heterocycles. The van der Waals surface area contributed by atoms with Crippen molar-refractivity contribution in [2.75, 3.05) is 13.7 Å². The van der Waals surface area contributed by atoms with Crippen molar-refractivity contribution < 1.29 is 23.3 Å². The SMILES string of the molecule is CCOc1ccc(/C=N\OCc2cc(-c3ccco3)on2)cc1OC. The molecule has 0 aliphatic carbocycles. The average molecular weight is 342 g/mol. The van der Waals surface area contributed by atoms with Gasteiger partial charge in [0, 0.05) is 11.6 Å². The molecule has 130 valence electrons. The molecule has 25 heavy (non-hydrogen) atoms. The van der Waals surface area contributed by atoms with E-state index in [9.17, 15) is 0 Å². The first kappa shape index (κ1) is 16.6. The number of benzene rings is 1. The third-order valence-electron chi connectivity index (χ3n) is 3.30. The van der Waals surface area contributed by atoms with Crippen LogP contribution in [-0.2, 0) is 11.4 Å². The normalized spacial score (nSPS) is 11.0. The molecule has 0 spiro atoms. The highest BCUT2D eigenvalue weighted by Crippen LogP contribution is 2.27. The Labute approximate surface area is 144 Å². The fourth-order valence-corrected chi connectivity index (χ4v) is 2.16. The van der Waals surface area contributed by atoms with Crippen molar-refractivity contribution >= 4 is 6.21 Å². The number of rotatable bonds is 8. The van der Waals surface area contributed by atoms with Crippen molar-refractivity contribution in [2.24, 2.45) is 5.16 Å². The summed E-state index contributed by atoms with van der Waals surface area (Å²) in [6, 6.07) is 10.8. The summed E-state index contributed by atoms with van der Waals surface area (Å²) in [6.07, 6.45) is 3.16. The summed E-state index contributed by atoms with van der Waals surface area (Å²) in [7, 11) is 1.59. The molecule has 7 heteroatoms. The standard InChI is InChI=1S/C18H18N2O5/c1-3-22-16-7-6-13(9-17(16)21-2)11-19-24-12-14-10-18(25-20-14)15-5-4-8-23-15/h4-11H,3,12H2,1-2H3/b19-11-. The lowest BCUT2D eigenvalue weighted by atomic mass is 10.2. The molecule has 0 fully saturated rings. The maximum absolute atomic E-state index is 5.47. The zero-order valence-corrected chi connectivity index (χ0v) is 14.0. The Morgan fingerprint density at radius 2 is 2.08 bits per heavy atom. The number of hydrogen-bond acceptors (Lipinski definition) is 7. The number of aromatic nitrogens is 1. The van der Waals surface area contributed by atoms with Crippen LogP contribution in [0.2, 0.25) is 0 Å². The molecule has 0 N–H and O–H groups in total. The largest absolute Gasteiger partial charge is 0.493 e. The molecule has 3 rings (SSSR count). The van der Waals surface area contributed by atoms with Gasteiger partial charge in [-0.1, -0.05) is 10.3 Å². The predicted octanol–water partition coefficient (Wildman–Crippen LogP) is 3.89. The van der Waals surface area contributed by atoms with Crippen molar-refractivity contribution in [3.05, 3.63) is 53.9 Å². The Balaban J connectivity index is 1.56. The average Bonchev–Trinajstić information content (AvgIpc) is 3.31. The van der Waals surface area contributed by atoms with Gasteiger partial charge in [0.1, 0.15) is 5.69 Å². The van der Waals surface area contributed by atoms with Gasteiger partial charge in [0.2, 0.25) is 5.76 Å². The minimum Gasteiger partial charge on any atom is -0.493 e. The molecule has 0 unspecified atom stereocenters. The fraction of sp³-hybridized carbons (Fsp3) is 0.222. The van der Waals surface area contributed by atoms with E-state index in [-0.39, 0.29) is 6.61 Å². The highest BCUT2D eigenvalue weighted by Gasteiger charge is 2.09. The molecule has 0 amide bonds. The molecule has 0 aliphatic heterocycles. The van der Waals surface area contributed by atoms with Crippen molar-refractivity contribution in [3.63, 3.8) is 0 Å². The number of furan rings is 1. The minimum absolute atomic E-state index is 0.189. The van der Waals surface area contributed by atoms with Gasteiger partial charge in [0.25, 0.3) is 0 Å². The number of oxime groups is 1. The zero-order valence-electron chi connectivity index (χ0n) is 14.0. The molecule has 0 aliphatic rings. The van der Waals surface area contributed by atoms with Crippen molar-refractivity contribution in [1.29, 1.82) is 0 Å². The molecule has 7 nitrogen and oxygen atoms in total. The Kier molecular flexibility index (Phi) is 5.36. The molecule has 2 aromatic heterocycles. The van der Waals surface area contributed by atoms with E-state index in [0.717, 1.165) is 5.56 Å². The summed E-state index contributed by atoms with van der Waals surface area (Å²) in [5, 5.41) is 7.84. The van der Waals surface area contributed by atoms with Gasteiger partial charge in [-0.05, 0) is 37.3 Å². The summed E-state index contributed by atoms with van der Waals surface area (Å²) >= 11 is 0. The van der Waals surface area contributed by atoms with Crippen LogP contribution < -0.4 is 9.47 Å². The van der Waals surface area contributed by atoms with Gasteiger partial charge in [-0.3, -0.25) is 0 Å². The molecule has 0 radical (unpaired) electrons. The van der Waals surface area contributed by atoms with Crippen molar-refractivity contribution in [2.45, 2.75) is 13.5 Å². The number of nitrogens with zero attached hydrogens (tertiary/aromatic N) is 2. The highest BCUT2D eigenvalue weighted by molar-refractivity contribution is 5.80. The number of ether oxygens (including phenoxy) is 2. The topological polar surface area (TPSA) is 79.2 Å². The molecule has 0 saturated heterocycles. The third-order valence-corrected chi connectivity index (χ3v) is 3.30. The van der Waals surface area contributed by atoms with Crippen LogP contribution in [0.25, 0.3) is 11.5 Å². The van der Waals surface area contributed by atoms with Crippen LogP contribution in [-0.4, -0.2) is 25.1 Å². The van der Waals surface area contributed by atoms with Gasteiger partial charge < -0.3 is 23.3 Å². The van der Waals surface area contributed by atoms with Gasteiger partial charge in [0.05, 0.1) is 26.2 Å². The summed E-state index contributed by atoms with van der Waals surface area (Å²) < 4.78 is 21.2. The molecule has 1 aromatic carbocycles. The van der Waals surface area contributed by atoms with Gasteiger partial charge >= 0.3 is 0 Å². The summed E-state index contributed by atoms with van der Waals surface area (Å²) in [6.45, 7) is 2.68. The van der Waals surface area contributed by atoms with Crippen LogP contribution in [0.15, 0.2) is 56.8 Å². The predicted molar refractivity (Wildman–Crippen MR) is 90.8 cm³/mol. The third kappa shape index (κ3) is 4.20. The van der Waals surface area contributed by atoms with E-state index in [1.165, 1.54) is 0 Å². The van der Waals surface area contributed by atoms with Crippen LogP contribution in [0.3, 0.4) is 0 Å². The summed E-state index contributed by atoms with van der Waals surface area (Å²) in [5.74, 6) is 2.49. The molecule has 0 bridgehead atoms. The second-order valence-corrected chi connectivity index (χ2v) is 5.01. The van der Waals surface area contributed by atoms with Crippen LogP contribution >= 0.6 is 0 Å². The van der Waals surface area contributed by atoms with E-state index in [0.29, 0.717) is 35.3 Å². The first-order chi connectivity index (χ1) is 12.3. The number of hydrogen-bond donors (Lipinski definition) is 0. The highest BCUT2D eigenvalue weighted by atomic mass is 16.6. The van der Waals surface area contributed by atoms with Gasteiger partial charge in [-0.15, -0.1) is 0 Å². The second-order valence-electron chi connectivity index (χ2n) is 5.01. The van der Waals surface area contributed by atoms with Gasteiger partial charge in [-0.2, -0.15) is 0 Å². The first-order valence-corrected chi connectivity index (χ1v) is 7.75. The van der Waals surface area contributed by atoms with Crippen molar-refractivity contribution in [3.8, 4) is 23.0 Å². The zero-order chi connectivity index (χ0) is 17.5. The van der Waals surface area contributed by atoms with Crippen LogP contribution in [0.1, 0.15) is 18.2 Å².